The Bertz CT molecular complexity index is 514. The van der Waals surface area contributed by atoms with Crippen molar-refractivity contribution in [2.45, 2.75) is 50.4 Å². The van der Waals surface area contributed by atoms with Gasteiger partial charge in [0, 0.05) is 11.7 Å². The van der Waals surface area contributed by atoms with Crippen molar-refractivity contribution in [2.75, 3.05) is 0 Å². The molecule has 0 atom stereocenters. The lowest BCUT2D eigenvalue weighted by molar-refractivity contribution is 0.780. The van der Waals surface area contributed by atoms with Crippen LogP contribution in [0, 0.1) is 0 Å². The van der Waals surface area contributed by atoms with E-state index in [0.29, 0.717) is 11.8 Å². The second-order valence-corrected chi connectivity index (χ2v) is 6.29. The van der Waals surface area contributed by atoms with Gasteiger partial charge in [0.25, 0.3) is 0 Å². The summed E-state index contributed by atoms with van der Waals surface area (Å²) in [5, 5.41) is 8.04. The third kappa shape index (κ3) is 3.83. The molecule has 0 radical (unpaired) electrons. The van der Waals surface area contributed by atoms with E-state index in [-0.39, 0.29) is 0 Å². The van der Waals surface area contributed by atoms with Gasteiger partial charge >= 0.3 is 0 Å². The summed E-state index contributed by atoms with van der Waals surface area (Å²) in [5.74, 6) is 2.85. The van der Waals surface area contributed by atoms with Crippen molar-refractivity contribution in [1.82, 2.24) is 15.2 Å². The zero-order valence-corrected chi connectivity index (χ0v) is 12.8. The molecule has 1 N–H and O–H groups in total. The number of aromatic amines is 1. The fraction of sp³-hybridized carbons (Fsp3) is 0.467. The molecular weight excluding hydrogens is 254 g/mol. The number of nitrogens with zero attached hydrogens (tertiary/aromatic N) is 2. The number of aromatic nitrogens is 3. The summed E-state index contributed by atoms with van der Waals surface area (Å²) in [6.07, 6.45) is 0. The molecule has 19 heavy (non-hydrogen) atoms. The molecule has 0 unspecified atom stereocenters. The second-order valence-electron chi connectivity index (χ2n) is 5.34. The third-order valence-corrected chi connectivity index (χ3v) is 3.96. The van der Waals surface area contributed by atoms with Gasteiger partial charge in [0.05, 0.1) is 0 Å². The van der Waals surface area contributed by atoms with Crippen LogP contribution in [0.15, 0.2) is 29.4 Å². The highest BCUT2D eigenvalue weighted by atomic mass is 32.2. The average Bonchev–Trinajstić information content (AvgIpc) is 2.86. The lowest BCUT2D eigenvalue weighted by Gasteiger charge is -2.05. The number of benzene rings is 1. The summed E-state index contributed by atoms with van der Waals surface area (Å²) in [5.41, 5.74) is 2.69. The van der Waals surface area contributed by atoms with Crippen LogP contribution in [-0.2, 0) is 5.75 Å². The number of rotatable bonds is 5. The fourth-order valence-corrected chi connectivity index (χ4v) is 2.49. The lowest BCUT2D eigenvalue weighted by atomic mass is 10.0. The Morgan fingerprint density at radius 1 is 1.05 bits per heavy atom. The Morgan fingerprint density at radius 2 is 1.74 bits per heavy atom. The Kier molecular flexibility index (Phi) is 4.64. The van der Waals surface area contributed by atoms with Crippen LogP contribution in [0.3, 0.4) is 0 Å². The van der Waals surface area contributed by atoms with Gasteiger partial charge in [0.1, 0.15) is 5.82 Å². The van der Waals surface area contributed by atoms with E-state index in [0.717, 1.165) is 16.7 Å². The molecule has 102 valence electrons. The van der Waals surface area contributed by atoms with Gasteiger partial charge in [-0.15, -0.1) is 5.10 Å². The Hall–Kier alpha value is -1.29. The Labute approximate surface area is 119 Å². The van der Waals surface area contributed by atoms with E-state index in [1.165, 1.54) is 11.1 Å². The van der Waals surface area contributed by atoms with E-state index in [4.69, 9.17) is 0 Å². The van der Waals surface area contributed by atoms with Crippen LogP contribution in [0.1, 0.15) is 56.5 Å². The molecule has 0 aliphatic carbocycles. The van der Waals surface area contributed by atoms with Crippen molar-refractivity contribution in [3.63, 3.8) is 0 Å². The largest absolute Gasteiger partial charge is 0.262 e. The molecule has 4 heteroatoms. The van der Waals surface area contributed by atoms with E-state index < -0.39 is 0 Å². The molecule has 0 saturated heterocycles. The SMILES string of the molecule is CC(C)c1ccc(CSc2n[nH]c(C(C)C)n2)cc1. The van der Waals surface area contributed by atoms with E-state index in [2.05, 4.69) is 67.1 Å². The van der Waals surface area contributed by atoms with E-state index >= 15 is 0 Å². The summed E-state index contributed by atoms with van der Waals surface area (Å²) in [6.45, 7) is 8.65. The minimum absolute atomic E-state index is 0.396. The van der Waals surface area contributed by atoms with Crippen LogP contribution >= 0.6 is 11.8 Å². The zero-order chi connectivity index (χ0) is 13.8. The van der Waals surface area contributed by atoms with Crippen LogP contribution in [-0.4, -0.2) is 15.2 Å². The van der Waals surface area contributed by atoms with Gasteiger partial charge in [-0.2, -0.15) is 0 Å². The number of hydrogen-bond acceptors (Lipinski definition) is 3. The number of H-pyrrole nitrogens is 1. The van der Waals surface area contributed by atoms with Crippen LogP contribution in [0.2, 0.25) is 0 Å². The first-order valence-electron chi connectivity index (χ1n) is 6.70. The zero-order valence-electron chi connectivity index (χ0n) is 12.0. The summed E-state index contributed by atoms with van der Waals surface area (Å²) in [7, 11) is 0. The predicted octanol–water partition coefficient (Wildman–Crippen LogP) is 4.34. The third-order valence-electron chi connectivity index (χ3n) is 3.04. The molecule has 2 aromatic rings. The normalized spacial score (nSPS) is 11.5. The van der Waals surface area contributed by atoms with Gasteiger partial charge in [-0.1, -0.05) is 63.7 Å². The number of thioether (sulfide) groups is 1. The van der Waals surface area contributed by atoms with Crippen molar-refractivity contribution < 1.29 is 0 Å². The molecule has 1 aromatic heterocycles. The first kappa shape index (κ1) is 14.1. The highest BCUT2D eigenvalue weighted by Crippen LogP contribution is 2.22. The number of nitrogens with one attached hydrogen (secondary N) is 1. The molecule has 3 nitrogen and oxygen atoms in total. The summed E-state index contributed by atoms with van der Waals surface area (Å²) in [6, 6.07) is 8.80. The lowest BCUT2D eigenvalue weighted by Crippen LogP contribution is -1.89. The van der Waals surface area contributed by atoms with Crippen molar-refractivity contribution >= 4 is 11.8 Å². The molecular formula is C15H21N3S. The average molecular weight is 275 g/mol. The monoisotopic (exact) mass is 275 g/mol. The van der Waals surface area contributed by atoms with Gasteiger partial charge in [-0.05, 0) is 17.0 Å². The summed E-state index contributed by atoms with van der Waals surface area (Å²) in [4.78, 5) is 4.47. The fourth-order valence-electron chi connectivity index (χ4n) is 1.73. The van der Waals surface area contributed by atoms with Crippen LogP contribution in [0.25, 0.3) is 0 Å². The van der Waals surface area contributed by atoms with E-state index in [9.17, 15) is 0 Å². The summed E-state index contributed by atoms with van der Waals surface area (Å²) < 4.78 is 0. The topological polar surface area (TPSA) is 41.6 Å². The van der Waals surface area contributed by atoms with Gasteiger partial charge in [0.15, 0.2) is 0 Å². The first-order valence-corrected chi connectivity index (χ1v) is 7.68. The van der Waals surface area contributed by atoms with Gasteiger partial charge in [0.2, 0.25) is 5.16 Å². The van der Waals surface area contributed by atoms with Crippen LogP contribution in [0.5, 0.6) is 0 Å². The van der Waals surface area contributed by atoms with Crippen LogP contribution in [0.4, 0.5) is 0 Å². The maximum Gasteiger partial charge on any atom is 0.208 e. The van der Waals surface area contributed by atoms with Gasteiger partial charge < -0.3 is 0 Å². The maximum absolute atomic E-state index is 4.47. The van der Waals surface area contributed by atoms with Crippen molar-refractivity contribution in [2.24, 2.45) is 0 Å². The second kappa shape index (κ2) is 6.24. The Balaban J connectivity index is 1.94. The molecule has 0 saturated carbocycles. The minimum atomic E-state index is 0.396. The minimum Gasteiger partial charge on any atom is -0.262 e. The molecule has 1 heterocycles. The number of hydrogen-bond donors (Lipinski definition) is 1. The standard InChI is InChI=1S/C15H21N3S/c1-10(2)13-7-5-12(6-8-13)9-19-15-16-14(11(3)4)17-18-15/h5-8,10-11H,9H2,1-4H3,(H,16,17,18). The van der Waals surface area contributed by atoms with Gasteiger partial charge in [-0.3, -0.25) is 5.10 Å². The first-order chi connectivity index (χ1) is 9.06. The molecule has 0 fully saturated rings. The molecule has 0 bridgehead atoms. The quantitative estimate of drug-likeness (QED) is 0.825. The highest BCUT2D eigenvalue weighted by Gasteiger charge is 2.07. The van der Waals surface area contributed by atoms with Crippen molar-refractivity contribution in [1.29, 1.82) is 0 Å². The molecule has 0 aliphatic heterocycles. The van der Waals surface area contributed by atoms with E-state index in [1.807, 2.05) is 0 Å². The molecule has 2 rings (SSSR count). The highest BCUT2D eigenvalue weighted by molar-refractivity contribution is 7.98. The van der Waals surface area contributed by atoms with Gasteiger partial charge in [-0.25, -0.2) is 4.98 Å². The maximum atomic E-state index is 4.47. The van der Waals surface area contributed by atoms with Crippen molar-refractivity contribution in [3.05, 3.63) is 41.2 Å². The van der Waals surface area contributed by atoms with Crippen LogP contribution < -0.4 is 0 Å². The molecule has 0 aliphatic rings. The molecule has 1 aromatic carbocycles. The van der Waals surface area contributed by atoms with E-state index in [1.54, 1.807) is 11.8 Å². The molecule has 0 amide bonds. The Morgan fingerprint density at radius 3 is 2.26 bits per heavy atom. The summed E-state index contributed by atoms with van der Waals surface area (Å²) >= 11 is 1.67. The smallest absolute Gasteiger partial charge is 0.208 e. The van der Waals surface area contributed by atoms with Crippen molar-refractivity contribution in [3.8, 4) is 0 Å². The molecule has 0 spiro atoms. The predicted molar refractivity (Wildman–Crippen MR) is 80.6 cm³/mol.